The Morgan fingerprint density at radius 2 is 2.04 bits per heavy atom. The number of aryl methyl sites for hydroxylation is 1. The van der Waals surface area contributed by atoms with Crippen molar-refractivity contribution in [2.75, 3.05) is 0 Å². The molecule has 1 heterocycles. The Labute approximate surface area is 161 Å². The van der Waals surface area contributed by atoms with Crippen molar-refractivity contribution in [2.24, 2.45) is 0 Å². The Kier molecular flexibility index (Phi) is 6.13. The van der Waals surface area contributed by atoms with Gasteiger partial charge >= 0.3 is 0 Å². The topological polar surface area (TPSA) is 72.7 Å². The first-order valence-electron chi connectivity index (χ1n) is 8.60. The highest BCUT2D eigenvalue weighted by atomic mass is 35.5. The monoisotopic (exact) mass is 387 g/mol. The lowest BCUT2D eigenvalue weighted by Crippen LogP contribution is -2.26. The van der Waals surface area contributed by atoms with Crippen molar-refractivity contribution < 1.29 is 9.18 Å². The number of halogens is 2. The lowest BCUT2D eigenvalue weighted by atomic mass is 10.1. The molecule has 3 rings (SSSR count). The smallest absolute Gasteiger partial charge is 0.220 e. The maximum atomic E-state index is 13.2. The van der Waals surface area contributed by atoms with E-state index in [1.807, 2.05) is 37.3 Å². The summed E-state index contributed by atoms with van der Waals surface area (Å²) in [6.07, 6.45) is 0.898. The van der Waals surface area contributed by atoms with Gasteiger partial charge in [-0.3, -0.25) is 4.79 Å². The summed E-state index contributed by atoms with van der Waals surface area (Å²) in [5.74, 6) is -0.0256. The minimum atomic E-state index is -0.478. The standard InChI is InChI=1S/C19H19ClFN5O/c1-13(15-9-10-17(21)16(20)12-15)22-18(27)8-5-11-26-24-19(23-25-26)14-6-3-2-4-7-14/h2-4,6-7,9-10,12-13H,5,8,11H2,1H3,(H,22,27). The van der Waals surface area contributed by atoms with Crippen molar-refractivity contribution in [3.8, 4) is 11.4 Å². The van der Waals surface area contributed by atoms with E-state index in [0.29, 0.717) is 25.2 Å². The van der Waals surface area contributed by atoms with Gasteiger partial charge in [0.2, 0.25) is 11.7 Å². The van der Waals surface area contributed by atoms with E-state index >= 15 is 0 Å². The van der Waals surface area contributed by atoms with Gasteiger partial charge in [0.1, 0.15) is 5.82 Å². The van der Waals surface area contributed by atoms with E-state index in [2.05, 4.69) is 20.7 Å². The molecule has 1 aromatic heterocycles. The van der Waals surface area contributed by atoms with Gasteiger partial charge in [0.05, 0.1) is 17.6 Å². The molecule has 27 heavy (non-hydrogen) atoms. The van der Waals surface area contributed by atoms with Crippen LogP contribution in [0.3, 0.4) is 0 Å². The molecule has 0 spiro atoms. The van der Waals surface area contributed by atoms with Gasteiger partial charge in [-0.15, -0.1) is 10.2 Å². The molecule has 0 radical (unpaired) electrons. The number of hydrogen-bond acceptors (Lipinski definition) is 4. The highest BCUT2D eigenvalue weighted by Crippen LogP contribution is 2.20. The first-order valence-corrected chi connectivity index (χ1v) is 8.98. The lowest BCUT2D eigenvalue weighted by Gasteiger charge is -2.14. The molecule has 2 aromatic carbocycles. The van der Waals surface area contributed by atoms with Gasteiger partial charge in [-0.05, 0) is 36.3 Å². The second-order valence-corrected chi connectivity index (χ2v) is 6.55. The van der Waals surface area contributed by atoms with Crippen LogP contribution in [0, 0.1) is 5.82 Å². The van der Waals surface area contributed by atoms with Gasteiger partial charge < -0.3 is 5.32 Å². The summed E-state index contributed by atoms with van der Waals surface area (Å²) in [5.41, 5.74) is 1.65. The second-order valence-electron chi connectivity index (χ2n) is 6.14. The van der Waals surface area contributed by atoms with Gasteiger partial charge in [-0.25, -0.2) is 4.39 Å². The van der Waals surface area contributed by atoms with E-state index in [0.717, 1.165) is 11.1 Å². The number of nitrogens with one attached hydrogen (secondary N) is 1. The molecule has 0 fully saturated rings. The molecule has 0 aliphatic carbocycles. The second kappa shape index (κ2) is 8.73. The summed E-state index contributed by atoms with van der Waals surface area (Å²) in [5, 5.41) is 15.3. The zero-order chi connectivity index (χ0) is 19.2. The van der Waals surface area contributed by atoms with E-state index in [4.69, 9.17) is 11.6 Å². The highest BCUT2D eigenvalue weighted by Gasteiger charge is 2.12. The van der Waals surface area contributed by atoms with Gasteiger partial charge in [-0.1, -0.05) is 48.0 Å². The zero-order valence-corrected chi connectivity index (χ0v) is 15.5. The fourth-order valence-electron chi connectivity index (χ4n) is 2.60. The molecule has 1 amide bonds. The largest absolute Gasteiger partial charge is 0.350 e. The molecule has 0 bridgehead atoms. The van der Waals surface area contributed by atoms with E-state index in [-0.39, 0.29) is 17.0 Å². The van der Waals surface area contributed by atoms with Gasteiger partial charge in [0.15, 0.2) is 0 Å². The van der Waals surface area contributed by atoms with Crippen molar-refractivity contribution in [2.45, 2.75) is 32.4 Å². The summed E-state index contributed by atoms with van der Waals surface area (Å²) in [7, 11) is 0. The molecule has 0 aliphatic rings. The Morgan fingerprint density at radius 3 is 2.78 bits per heavy atom. The highest BCUT2D eigenvalue weighted by molar-refractivity contribution is 6.30. The summed E-state index contributed by atoms with van der Waals surface area (Å²) in [6.45, 7) is 2.32. The molecule has 1 atom stereocenters. The van der Waals surface area contributed by atoms with E-state index < -0.39 is 5.82 Å². The number of carbonyl (C=O) groups is 1. The number of amides is 1. The first kappa shape index (κ1) is 19.0. The maximum Gasteiger partial charge on any atom is 0.220 e. The molecule has 8 heteroatoms. The number of carbonyl (C=O) groups excluding carboxylic acids is 1. The van der Waals surface area contributed by atoms with E-state index in [1.54, 1.807) is 6.07 Å². The van der Waals surface area contributed by atoms with Crippen LogP contribution in [0.2, 0.25) is 5.02 Å². The number of tetrazole rings is 1. The number of rotatable bonds is 7. The van der Waals surface area contributed by atoms with Gasteiger partial charge in [0, 0.05) is 12.0 Å². The third-order valence-corrected chi connectivity index (χ3v) is 4.36. The van der Waals surface area contributed by atoms with Gasteiger partial charge in [-0.2, -0.15) is 4.80 Å². The molecule has 1 unspecified atom stereocenters. The Hall–Kier alpha value is -2.80. The molecule has 3 aromatic rings. The molecular weight excluding hydrogens is 369 g/mol. The van der Waals surface area contributed by atoms with Crippen molar-refractivity contribution >= 4 is 17.5 Å². The summed E-state index contributed by atoms with van der Waals surface area (Å²) in [6, 6.07) is 13.7. The Balaban J connectivity index is 1.47. The predicted molar refractivity (Wildman–Crippen MR) is 100 cm³/mol. The summed E-state index contributed by atoms with van der Waals surface area (Å²) in [4.78, 5) is 13.6. The SMILES string of the molecule is CC(NC(=O)CCCn1nnc(-c2ccccc2)n1)c1ccc(F)c(Cl)c1. The predicted octanol–water partition coefficient (Wildman–Crippen LogP) is 3.79. The first-order chi connectivity index (χ1) is 13.0. The van der Waals surface area contributed by atoms with Crippen molar-refractivity contribution in [3.63, 3.8) is 0 Å². The lowest BCUT2D eigenvalue weighted by molar-refractivity contribution is -0.121. The van der Waals surface area contributed by atoms with Gasteiger partial charge in [0.25, 0.3) is 0 Å². The third kappa shape index (κ3) is 5.10. The van der Waals surface area contributed by atoms with Crippen LogP contribution in [0.25, 0.3) is 11.4 Å². The zero-order valence-electron chi connectivity index (χ0n) is 14.8. The Bertz CT molecular complexity index is 915. The van der Waals surface area contributed by atoms with Crippen LogP contribution in [0.15, 0.2) is 48.5 Å². The maximum absolute atomic E-state index is 13.2. The summed E-state index contributed by atoms with van der Waals surface area (Å²) >= 11 is 5.78. The quantitative estimate of drug-likeness (QED) is 0.669. The molecule has 0 aliphatic heterocycles. The van der Waals surface area contributed by atoms with Crippen LogP contribution in [-0.4, -0.2) is 26.1 Å². The van der Waals surface area contributed by atoms with Crippen LogP contribution in [0.4, 0.5) is 4.39 Å². The third-order valence-electron chi connectivity index (χ3n) is 4.07. The number of hydrogen-bond donors (Lipinski definition) is 1. The molecule has 140 valence electrons. The van der Waals surface area contributed by atoms with Crippen LogP contribution < -0.4 is 5.32 Å². The average molecular weight is 388 g/mol. The van der Waals surface area contributed by atoms with E-state index in [9.17, 15) is 9.18 Å². The molecular formula is C19H19ClFN5O. The molecule has 0 saturated heterocycles. The molecule has 1 N–H and O–H groups in total. The number of benzene rings is 2. The van der Waals surface area contributed by atoms with Crippen molar-refractivity contribution in [3.05, 3.63) is 64.9 Å². The number of aromatic nitrogens is 4. The van der Waals surface area contributed by atoms with Crippen LogP contribution >= 0.6 is 11.6 Å². The summed E-state index contributed by atoms with van der Waals surface area (Å²) < 4.78 is 13.2. The Morgan fingerprint density at radius 1 is 1.26 bits per heavy atom. The minimum Gasteiger partial charge on any atom is -0.350 e. The normalized spacial score (nSPS) is 12.0. The van der Waals surface area contributed by atoms with Crippen LogP contribution in [0.5, 0.6) is 0 Å². The van der Waals surface area contributed by atoms with Crippen molar-refractivity contribution in [1.29, 1.82) is 0 Å². The van der Waals surface area contributed by atoms with Crippen LogP contribution in [0.1, 0.15) is 31.4 Å². The fourth-order valence-corrected chi connectivity index (χ4v) is 2.79. The average Bonchev–Trinajstić information content (AvgIpc) is 3.13. The molecule has 0 saturated carbocycles. The fraction of sp³-hybridized carbons (Fsp3) is 0.263. The molecule has 6 nitrogen and oxygen atoms in total. The van der Waals surface area contributed by atoms with Crippen molar-refractivity contribution in [1.82, 2.24) is 25.5 Å². The van der Waals surface area contributed by atoms with E-state index in [1.165, 1.54) is 16.9 Å². The number of nitrogens with zero attached hydrogens (tertiary/aromatic N) is 4. The van der Waals surface area contributed by atoms with Crippen LogP contribution in [-0.2, 0) is 11.3 Å². The minimum absolute atomic E-state index is 0.0417.